The maximum atomic E-state index is 5.50. The Kier molecular flexibility index (Phi) is 5.34. The monoisotopic (exact) mass is 292 g/mol. The van der Waals surface area contributed by atoms with Gasteiger partial charge >= 0.3 is 0 Å². The largest absolute Gasteiger partial charge is 0.355 e. The Morgan fingerprint density at radius 3 is 2.54 bits per heavy atom. The van der Waals surface area contributed by atoms with Crippen molar-refractivity contribution in [1.29, 1.82) is 0 Å². The van der Waals surface area contributed by atoms with Crippen LogP contribution in [0.4, 0.5) is 0 Å². The van der Waals surface area contributed by atoms with Crippen molar-refractivity contribution in [3.63, 3.8) is 0 Å². The van der Waals surface area contributed by atoms with E-state index in [0.29, 0.717) is 6.61 Å². The van der Waals surface area contributed by atoms with E-state index in [0.717, 1.165) is 4.43 Å². The molecule has 0 saturated heterocycles. The molecule has 3 heteroatoms. The molecular weight excluding hydrogens is 279 g/mol. The minimum atomic E-state index is -0.0965. The fraction of sp³-hybridized carbons (Fsp3) is 0.400. The normalized spacial score (nSPS) is 12.8. The minimum Gasteiger partial charge on any atom is -0.355 e. The fourth-order valence-corrected chi connectivity index (χ4v) is 1.55. The first-order chi connectivity index (χ1) is 6.36. The lowest BCUT2D eigenvalue weighted by Gasteiger charge is -2.12. The third kappa shape index (κ3) is 4.06. The second-order valence-electron chi connectivity index (χ2n) is 2.62. The van der Waals surface area contributed by atoms with Crippen molar-refractivity contribution in [2.75, 3.05) is 11.5 Å². The van der Waals surface area contributed by atoms with Crippen LogP contribution in [0.2, 0.25) is 0 Å². The Morgan fingerprint density at radius 2 is 2.00 bits per heavy atom. The number of benzene rings is 1. The van der Waals surface area contributed by atoms with E-state index in [-0.39, 0.29) is 6.29 Å². The van der Waals surface area contributed by atoms with Gasteiger partial charge in [0.25, 0.3) is 0 Å². The third-order valence-corrected chi connectivity index (χ3v) is 2.39. The van der Waals surface area contributed by atoms with E-state index in [1.165, 1.54) is 5.56 Å². The van der Waals surface area contributed by atoms with Crippen molar-refractivity contribution in [2.24, 2.45) is 0 Å². The SMILES string of the molecule is COC(CI)OCc1ccccc1. The summed E-state index contributed by atoms with van der Waals surface area (Å²) in [6.07, 6.45) is -0.0965. The summed E-state index contributed by atoms with van der Waals surface area (Å²) in [6, 6.07) is 10.1. The zero-order chi connectivity index (χ0) is 9.52. The van der Waals surface area contributed by atoms with E-state index in [1.807, 2.05) is 30.3 Å². The lowest BCUT2D eigenvalue weighted by Crippen LogP contribution is -2.16. The predicted molar refractivity (Wildman–Crippen MR) is 60.9 cm³/mol. The van der Waals surface area contributed by atoms with Crippen molar-refractivity contribution in [2.45, 2.75) is 12.9 Å². The van der Waals surface area contributed by atoms with Crippen LogP contribution in [0.5, 0.6) is 0 Å². The summed E-state index contributed by atoms with van der Waals surface area (Å²) >= 11 is 2.24. The summed E-state index contributed by atoms with van der Waals surface area (Å²) in [5, 5.41) is 0. The standard InChI is InChI=1S/C10H13IO2/c1-12-10(7-11)13-8-9-5-3-2-4-6-9/h2-6,10H,7-8H2,1H3. The summed E-state index contributed by atoms with van der Waals surface area (Å²) in [5.41, 5.74) is 1.18. The zero-order valence-electron chi connectivity index (χ0n) is 7.57. The van der Waals surface area contributed by atoms with E-state index in [1.54, 1.807) is 7.11 Å². The van der Waals surface area contributed by atoms with Gasteiger partial charge in [-0.05, 0) is 5.56 Å². The van der Waals surface area contributed by atoms with Crippen molar-refractivity contribution in [3.8, 4) is 0 Å². The Bertz CT molecular complexity index is 222. The fourth-order valence-electron chi connectivity index (χ4n) is 0.939. The summed E-state index contributed by atoms with van der Waals surface area (Å²) in [4.78, 5) is 0. The van der Waals surface area contributed by atoms with Gasteiger partial charge in [0.1, 0.15) is 0 Å². The second kappa shape index (κ2) is 6.34. The molecule has 0 heterocycles. The Balaban J connectivity index is 2.34. The minimum absolute atomic E-state index is 0.0965. The van der Waals surface area contributed by atoms with Gasteiger partial charge in [-0.1, -0.05) is 52.9 Å². The first-order valence-electron chi connectivity index (χ1n) is 4.11. The molecule has 0 saturated carbocycles. The average molecular weight is 292 g/mol. The highest BCUT2D eigenvalue weighted by atomic mass is 127. The molecule has 0 fully saturated rings. The van der Waals surface area contributed by atoms with Crippen molar-refractivity contribution in [1.82, 2.24) is 0 Å². The van der Waals surface area contributed by atoms with E-state index in [9.17, 15) is 0 Å². The molecule has 0 aliphatic carbocycles. The molecular formula is C10H13IO2. The molecule has 0 N–H and O–H groups in total. The van der Waals surface area contributed by atoms with Gasteiger partial charge in [-0.15, -0.1) is 0 Å². The first kappa shape index (κ1) is 10.9. The smallest absolute Gasteiger partial charge is 0.166 e. The Morgan fingerprint density at radius 1 is 1.31 bits per heavy atom. The molecule has 2 nitrogen and oxygen atoms in total. The molecule has 0 aromatic heterocycles. The van der Waals surface area contributed by atoms with Gasteiger partial charge in [0.2, 0.25) is 0 Å². The van der Waals surface area contributed by atoms with Gasteiger partial charge in [-0.2, -0.15) is 0 Å². The van der Waals surface area contributed by atoms with Gasteiger partial charge in [0.05, 0.1) is 11.0 Å². The molecule has 1 atom stereocenters. The number of halogens is 1. The van der Waals surface area contributed by atoms with Gasteiger partial charge in [-0.25, -0.2) is 0 Å². The van der Waals surface area contributed by atoms with Crippen LogP contribution in [-0.4, -0.2) is 17.8 Å². The van der Waals surface area contributed by atoms with Crippen LogP contribution in [-0.2, 0) is 16.1 Å². The summed E-state index contributed by atoms with van der Waals surface area (Å²) in [5.74, 6) is 0. The first-order valence-corrected chi connectivity index (χ1v) is 5.63. The van der Waals surface area contributed by atoms with Crippen LogP contribution >= 0.6 is 22.6 Å². The molecule has 0 aliphatic heterocycles. The number of hydrogen-bond acceptors (Lipinski definition) is 2. The van der Waals surface area contributed by atoms with E-state index in [2.05, 4.69) is 22.6 Å². The highest BCUT2D eigenvalue weighted by Crippen LogP contribution is 2.05. The highest BCUT2D eigenvalue weighted by molar-refractivity contribution is 14.1. The molecule has 1 unspecified atom stereocenters. The number of rotatable bonds is 5. The molecule has 72 valence electrons. The van der Waals surface area contributed by atoms with E-state index >= 15 is 0 Å². The van der Waals surface area contributed by atoms with Crippen molar-refractivity contribution >= 4 is 22.6 Å². The number of alkyl halides is 1. The van der Waals surface area contributed by atoms with Crippen LogP contribution in [0.25, 0.3) is 0 Å². The Hall–Kier alpha value is -0.130. The van der Waals surface area contributed by atoms with Crippen LogP contribution in [0.1, 0.15) is 5.56 Å². The summed E-state index contributed by atoms with van der Waals surface area (Å²) in [6.45, 7) is 0.613. The quantitative estimate of drug-likeness (QED) is 0.472. The molecule has 0 bridgehead atoms. The number of ether oxygens (including phenoxy) is 2. The third-order valence-electron chi connectivity index (χ3n) is 1.67. The van der Waals surface area contributed by atoms with E-state index in [4.69, 9.17) is 9.47 Å². The highest BCUT2D eigenvalue weighted by Gasteiger charge is 2.04. The summed E-state index contributed by atoms with van der Waals surface area (Å²) < 4.78 is 11.4. The predicted octanol–water partition coefficient (Wildman–Crippen LogP) is 2.61. The molecule has 1 rings (SSSR count). The molecule has 13 heavy (non-hydrogen) atoms. The molecule has 0 radical (unpaired) electrons. The van der Waals surface area contributed by atoms with Gasteiger partial charge in [0.15, 0.2) is 6.29 Å². The lowest BCUT2D eigenvalue weighted by molar-refractivity contribution is -0.113. The Labute approximate surface area is 92.4 Å². The molecule has 0 amide bonds. The zero-order valence-corrected chi connectivity index (χ0v) is 9.73. The van der Waals surface area contributed by atoms with Crippen LogP contribution in [0.3, 0.4) is 0 Å². The van der Waals surface area contributed by atoms with Crippen molar-refractivity contribution < 1.29 is 9.47 Å². The van der Waals surface area contributed by atoms with Crippen LogP contribution in [0, 0.1) is 0 Å². The number of hydrogen-bond donors (Lipinski definition) is 0. The van der Waals surface area contributed by atoms with Gasteiger partial charge in [0, 0.05) is 7.11 Å². The van der Waals surface area contributed by atoms with Crippen LogP contribution < -0.4 is 0 Å². The summed E-state index contributed by atoms with van der Waals surface area (Å²) in [7, 11) is 1.66. The maximum Gasteiger partial charge on any atom is 0.166 e. The molecule has 0 aliphatic rings. The topological polar surface area (TPSA) is 18.5 Å². The molecule has 1 aromatic rings. The van der Waals surface area contributed by atoms with Crippen molar-refractivity contribution in [3.05, 3.63) is 35.9 Å². The molecule has 0 spiro atoms. The van der Waals surface area contributed by atoms with E-state index < -0.39 is 0 Å². The van der Waals surface area contributed by atoms with Gasteiger partial charge < -0.3 is 9.47 Å². The molecule has 1 aromatic carbocycles. The van der Waals surface area contributed by atoms with Gasteiger partial charge in [-0.3, -0.25) is 0 Å². The second-order valence-corrected chi connectivity index (χ2v) is 3.50. The maximum absolute atomic E-state index is 5.50. The average Bonchev–Trinajstić information content (AvgIpc) is 2.21. The van der Waals surface area contributed by atoms with Crippen LogP contribution in [0.15, 0.2) is 30.3 Å². The number of methoxy groups -OCH3 is 1. The lowest BCUT2D eigenvalue weighted by atomic mass is 10.2.